The predicted molar refractivity (Wildman–Crippen MR) is 114 cm³/mol. The highest BCUT2D eigenvalue weighted by molar-refractivity contribution is 6.30. The molecule has 2 rings (SSSR count). The molecule has 29 heavy (non-hydrogen) atoms. The van der Waals surface area contributed by atoms with Crippen molar-refractivity contribution in [1.82, 2.24) is 10.2 Å². The Morgan fingerprint density at radius 1 is 1.03 bits per heavy atom. The summed E-state index contributed by atoms with van der Waals surface area (Å²) in [4.78, 5) is 27.7. The number of hydrogen-bond donors (Lipinski definition) is 1. The second kappa shape index (κ2) is 9.88. The van der Waals surface area contributed by atoms with E-state index < -0.39 is 11.6 Å². The molecule has 0 aromatic heterocycles. The first kappa shape index (κ1) is 22.9. The van der Waals surface area contributed by atoms with Gasteiger partial charge in [0, 0.05) is 17.1 Å². The van der Waals surface area contributed by atoms with Crippen molar-refractivity contribution in [2.75, 3.05) is 0 Å². The number of nitrogens with one attached hydrogen (secondary N) is 1. The molecule has 0 aliphatic heterocycles. The van der Waals surface area contributed by atoms with Crippen molar-refractivity contribution in [2.24, 2.45) is 0 Å². The van der Waals surface area contributed by atoms with Crippen LogP contribution in [0.2, 0.25) is 5.02 Å². The van der Waals surface area contributed by atoms with Crippen LogP contribution in [0.25, 0.3) is 0 Å². The number of amides is 2. The summed E-state index contributed by atoms with van der Waals surface area (Å²) in [5.41, 5.74) is 1.17. The van der Waals surface area contributed by atoms with Crippen LogP contribution in [0, 0.1) is 5.82 Å². The maximum atomic E-state index is 13.2. The summed E-state index contributed by atoms with van der Waals surface area (Å²) in [5.74, 6) is -0.737. The van der Waals surface area contributed by atoms with Gasteiger partial charge in [0.15, 0.2) is 0 Å². The van der Waals surface area contributed by atoms with E-state index in [0.717, 1.165) is 5.56 Å². The molecular weight excluding hydrogens is 391 g/mol. The average Bonchev–Trinajstić information content (AvgIpc) is 2.63. The summed E-state index contributed by atoms with van der Waals surface area (Å²) in [6.07, 6.45) is 0.567. The van der Waals surface area contributed by atoms with Crippen molar-refractivity contribution in [3.05, 3.63) is 70.5 Å². The van der Waals surface area contributed by atoms with Gasteiger partial charge in [0.2, 0.25) is 11.8 Å². The van der Waals surface area contributed by atoms with E-state index in [0.29, 0.717) is 17.0 Å². The highest BCUT2D eigenvalue weighted by Crippen LogP contribution is 2.17. The van der Waals surface area contributed by atoms with Crippen LogP contribution in [-0.4, -0.2) is 28.3 Å². The predicted octanol–water partition coefficient (Wildman–Crippen LogP) is 4.74. The summed E-state index contributed by atoms with van der Waals surface area (Å²) in [6.45, 7) is 7.88. The van der Waals surface area contributed by atoms with Gasteiger partial charge in [-0.05, 0) is 62.6 Å². The standard InChI is InChI=1S/C23H28ClFN2O2/c1-5-20(22(29)26-23(2,3)4)27(15-17-6-10-18(24)11-7-17)21(28)14-16-8-12-19(25)13-9-16/h6-13,20H,5,14-15H2,1-4H3,(H,26,29). The number of carbonyl (C=O) groups is 2. The molecule has 2 amide bonds. The zero-order chi connectivity index (χ0) is 21.6. The Kier molecular flexibility index (Phi) is 7.80. The lowest BCUT2D eigenvalue weighted by Crippen LogP contribution is -2.53. The van der Waals surface area contributed by atoms with Crippen molar-refractivity contribution in [2.45, 2.75) is 58.7 Å². The molecule has 0 fully saturated rings. The van der Waals surface area contributed by atoms with Gasteiger partial charge in [-0.2, -0.15) is 0 Å². The molecule has 0 radical (unpaired) electrons. The summed E-state index contributed by atoms with van der Waals surface area (Å²) < 4.78 is 13.2. The van der Waals surface area contributed by atoms with Crippen molar-refractivity contribution in [3.8, 4) is 0 Å². The van der Waals surface area contributed by atoms with Gasteiger partial charge in [0.1, 0.15) is 11.9 Å². The summed E-state index contributed by atoms with van der Waals surface area (Å²) in [5, 5.41) is 3.58. The van der Waals surface area contributed by atoms with Crippen LogP contribution in [0.5, 0.6) is 0 Å². The Hall–Kier alpha value is -2.40. The second-order valence-electron chi connectivity index (χ2n) is 8.11. The Morgan fingerprint density at radius 3 is 2.10 bits per heavy atom. The Morgan fingerprint density at radius 2 is 1.59 bits per heavy atom. The van der Waals surface area contributed by atoms with E-state index in [1.807, 2.05) is 39.8 Å². The molecule has 1 atom stereocenters. The van der Waals surface area contributed by atoms with Crippen molar-refractivity contribution in [3.63, 3.8) is 0 Å². The average molecular weight is 419 g/mol. The van der Waals surface area contributed by atoms with Gasteiger partial charge in [0.25, 0.3) is 0 Å². The number of halogens is 2. The monoisotopic (exact) mass is 418 g/mol. The molecule has 2 aromatic rings. The lowest BCUT2D eigenvalue weighted by Gasteiger charge is -2.33. The second-order valence-corrected chi connectivity index (χ2v) is 8.55. The van der Waals surface area contributed by atoms with E-state index in [4.69, 9.17) is 11.6 Å². The fourth-order valence-corrected chi connectivity index (χ4v) is 3.16. The van der Waals surface area contributed by atoms with Gasteiger partial charge in [-0.3, -0.25) is 9.59 Å². The fraction of sp³-hybridized carbons (Fsp3) is 0.391. The topological polar surface area (TPSA) is 49.4 Å². The summed E-state index contributed by atoms with van der Waals surface area (Å²) >= 11 is 5.97. The molecule has 4 nitrogen and oxygen atoms in total. The number of carbonyl (C=O) groups excluding carboxylic acids is 2. The van der Waals surface area contributed by atoms with Gasteiger partial charge in [0.05, 0.1) is 6.42 Å². The van der Waals surface area contributed by atoms with Crippen LogP contribution >= 0.6 is 11.6 Å². The quantitative estimate of drug-likeness (QED) is 0.705. The molecule has 0 spiro atoms. The molecule has 6 heteroatoms. The normalized spacial score (nSPS) is 12.3. The zero-order valence-corrected chi connectivity index (χ0v) is 18.1. The van der Waals surface area contributed by atoms with Crippen molar-refractivity contribution < 1.29 is 14.0 Å². The first-order valence-corrected chi connectivity index (χ1v) is 10.1. The van der Waals surface area contributed by atoms with Gasteiger partial charge in [-0.15, -0.1) is 0 Å². The Balaban J connectivity index is 2.29. The Bertz CT molecular complexity index is 829. The molecule has 2 aromatic carbocycles. The lowest BCUT2D eigenvalue weighted by molar-refractivity contribution is -0.141. The summed E-state index contributed by atoms with van der Waals surface area (Å²) in [7, 11) is 0. The smallest absolute Gasteiger partial charge is 0.243 e. The highest BCUT2D eigenvalue weighted by Gasteiger charge is 2.30. The Labute approximate surface area is 177 Å². The maximum absolute atomic E-state index is 13.2. The molecule has 1 N–H and O–H groups in total. The van der Waals surface area contributed by atoms with E-state index >= 15 is 0 Å². The van der Waals surface area contributed by atoms with Crippen LogP contribution in [0.3, 0.4) is 0 Å². The molecule has 0 saturated heterocycles. The molecule has 1 unspecified atom stereocenters. The van der Waals surface area contributed by atoms with E-state index in [2.05, 4.69) is 5.32 Å². The minimum absolute atomic E-state index is 0.0904. The number of hydrogen-bond acceptors (Lipinski definition) is 2. The SMILES string of the molecule is CCC(C(=O)NC(C)(C)C)N(Cc1ccc(Cl)cc1)C(=O)Cc1ccc(F)cc1. The third-order valence-electron chi connectivity index (χ3n) is 4.42. The first-order valence-electron chi connectivity index (χ1n) is 9.69. The number of rotatable bonds is 7. The largest absolute Gasteiger partial charge is 0.350 e. The van der Waals surface area contributed by atoms with Gasteiger partial charge < -0.3 is 10.2 Å². The first-order chi connectivity index (χ1) is 13.6. The van der Waals surface area contributed by atoms with Crippen molar-refractivity contribution in [1.29, 1.82) is 0 Å². The molecule has 0 bridgehead atoms. The van der Waals surface area contributed by atoms with E-state index in [9.17, 15) is 14.0 Å². The maximum Gasteiger partial charge on any atom is 0.243 e. The molecular formula is C23H28ClFN2O2. The third kappa shape index (κ3) is 7.17. The summed E-state index contributed by atoms with van der Waals surface area (Å²) in [6, 6.07) is 12.4. The zero-order valence-electron chi connectivity index (χ0n) is 17.3. The highest BCUT2D eigenvalue weighted by atomic mass is 35.5. The number of nitrogens with zero attached hydrogens (tertiary/aromatic N) is 1. The van der Waals surface area contributed by atoms with E-state index in [1.54, 1.807) is 29.2 Å². The van der Waals surface area contributed by atoms with Crippen molar-refractivity contribution >= 4 is 23.4 Å². The van der Waals surface area contributed by atoms with Crippen LogP contribution < -0.4 is 5.32 Å². The van der Waals surface area contributed by atoms with Crippen LogP contribution in [-0.2, 0) is 22.6 Å². The molecule has 0 aliphatic rings. The molecule has 156 valence electrons. The van der Waals surface area contributed by atoms with Gasteiger partial charge in [-0.25, -0.2) is 4.39 Å². The molecule has 0 aliphatic carbocycles. The van der Waals surface area contributed by atoms with Crippen LogP contribution in [0.15, 0.2) is 48.5 Å². The minimum atomic E-state index is -0.613. The third-order valence-corrected chi connectivity index (χ3v) is 4.67. The fourth-order valence-electron chi connectivity index (χ4n) is 3.04. The minimum Gasteiger partial charge on any atom is -0.350 e. The lowest BCUT2D eigenvalue weighted by atomic mass is 10.0. The van der Waals surface area contributed by atoms with Gasteiger partial charge in [-0.1, -0.05) is 42.8 Å². The van der Waals surface area contributed by atoms with Crippen LogP contribution in [0.1, 0.15) is 45.2 Å². The van der Waals surface area contributed by atoms with E-state index in [-0.39, 0.29) is 30.6 Å². The van der Waals surface area contributed by atoms with Crippen LogP contribution in [0.4, 0.5) is 4.39 Å². The van der Waals surface area contributed by atoms with E-state index in [1.165, 1.54) is 12.1 Å². The number of benzene rings is 2. The molecule has 0 saturated carbocycles. The molecule has 0 heterocycles. The van der Waals surface area contributed by atoms with Gasteiger partial charge >= 0.3 is 0 Å².